The summed E-state index contributed by atoms with van der Waals surface area (Å²) in [5, 5.41) is 12.3. The van der Waals surface area contributed by atoms with E-state index in [4.69, 9.17) is 32.8 Å². The van der Waals surface area contributed by atoms with Gasteiger partial charge in [0.1, 0.15) is 23.9 Å². The van der Waals surface area contributed by atoms with Crippen LogP contribution in [0.15, 0.2) is 47.3 Å². The highest BCUT2D eigenvalue weighted by Crippen LogP contribution is 2.71. The molecule has 2 saturated carbocycles. The predicted molar refractivity (Wildman–Crippen MR) is 165 cm³/mol. The van der Waals surface area contributed by atoms with Crippen LogP contribution >= 0.6 is 0 Å². The van der Waals surface area contributed by atoms with E-state index >= 15 is 4.79 Å². The molecule has 2 saturated heterocycles. The minimum absolute atomic E-state index is 0.0267. The lowest BCUT2D eigenvalue weighted by molar-refractivity contribution is -0.316. The second-order valence-electron chi connectivity index (χ2n) is 14.3. The van der Waals surface area contributed by atoms with E-state index in [-0.39, 0.29) is 11.1 Å². The number of aliphatic hydroxyl groups is 1. The van der Waals surface area contributed by atoms with E-state index in [9.17, 15) is 29.1 Å². The van der Waals surface area contributed by atoms with Gasteiger partial charge in [-0.3, -0.25) is 19.2 Å². The Labute approximate surface area is 283 Å². The van der Waals surface area contributed by atoms with Crippen LogP contribution in [0.2, 0.25) is 0 Å². The molecule has 2 bridgehead atoms. The molecule has 14 heteroatoms. The van der Waals surface area contributed by atoms with Crippen LogP contribution < -0.4 is 0 Å². The van der Waals surface area contributed by atoms with Crippen LogP contribution in [0.5, 0.6) is 0 Å². The monoisotopic (exact) mass is 686 g/mol. The molecule has 0 radical (unpaired) electrons. The Bertz CT molecular complexity index is 1620. The van der Waals surface area contributed by atoms with Crippen molar-refractivity contribution in [3.05, 3.63) is 48.5 Å². The molecule has 1 spiro atoms. The SMILES string of the molecule is C=C(C)C(=O)O[C@@H]1C2O[C@@]34C(=C)[C@H](C(=O)[C@@]2(C)[C@@H](CC(=O)OC)C(C)(C)[C@H]1OC(C)=O)[C@H](O)[C@@]3(C)[C@H](c1ccoc1)OC(=O)[C@H]4OC(C)=O. The van der Waals surface area contributed by atoms with Crippen molar-refractivity contribution in [3.8, 4) is 0 Å². The summed E-state index contributed by atoms with van der Waals surface area (Å²) in [5.41, 5.74) is -6.98. The second kappa shape index (κ2) is 11.9. The molecule has 1 N–H and O–H groups in total. The second-order valence-corrected chi connectivity index (χ2v) is 14.3. The Morgan fingerprint density at radius 3 is 2.16 bits per heavy atom. The molecule has 3 heterocycles. The fraction of sp³-hybridized carbons (Fsp3) is 0.600. The molecule has 266 valence electrons. The molecule has 2 aliphatic heterocycles. The van der Waals surface area contributed by atoms with Gasteiger partial charge in [0.2, 0.25) is 6.10 Å². The molecule has 1 unspecified atom stereocenters. The van der Waals surface area contributed by atoms with Crippen molar-refractivity contribution in [3.63, 3.8) is 0 Å². The van der Waals surface area contributed by atoms with Gasteiger partial charge < -0.3 is 37.9 Å². The lowest BCUT2D eigenvalue weighted by Gasteiger charge is -2.62. The van der Waals surface area contributed by atoms with Gasteiger partial charge in [0, 0.05) is 30.4 Å². The Morgan fingerprint density at radius 2 is 1.63 bits per heavy atom. The molecule has 49 heavy (non-hydrogen) atoms. The number of ketones is 1. The third kappa shape index (κ3) is 4.89. The van der Waals surface area contributed by atoms with Gasteiger partial charge in [0.05, 0.1) is 48.9 Å². The van der Waals surface area contributed by atoms with E-state index in [1.165, 1.54) is 46.5 Å². The number of methoxy groups -OCH3 is 1. The number of hydrogen-bond donors (Lipinski definition) is 1. The Kier molecular flexibility index (Phi) is 8.77. The smallest absolute Gasteiger partial charge is 0.351 e. The minimum atomic E-state index is -2.22. The Hall–Kier alpha value is -4.30. The van der Waals surface area contributed by atoms with Gasteiger partial charge in [0.25, 0.3) is 0 Å². The number of aliphatic hydroxyl groups excluding tert-OH is 1. The number of ether oxygens (including phenoxy) is 6. The molecular formula is C35H42O14. The molecule has 5 rings (SSSR count). The molecule has 2 aliphatic carbocycles. The fourth-order valence-corrected chi connectivity index (χ4v) is 8.90. The molecule has 1 aromatic rings. The van der Waals surface area contributed by atoms with E-state index in [0.29, 0.717) is 5.56 Å². The Balaban J connectivity index is 1.87. The van der Waals surface area contributed by atoms with Gasteiger partial charge in [-0.05, 0) is 38.3 Å². The van der Waals surface area contributed by atoms with E-state index in [1.54, 1.807) is 13.8 Å². The number of esters is 5. The summed E-state index contributed by atoms with van der Waals surface area (Å²) in [6.45, 7) is 17.8. The molecule has 4 aliphatic rings. The van der Waals surface area contributed by atoms with E-state index in [1.807, 2.05) is 0 Å². The van der Waals surface area contributed by atoms with Crippen LogP contribution in [0.3, 0.4) is 0 Å². The van der Waals surface area contributed by atoms with Crippen molar-refractivity contribution in [2.75, 3.05) is 7.11 Å². The van der Waals surface area contributed by atoms with Gasteiger partial charge >= 0.3 is 29.8 Å². The normalized spacial score (nSPS) is 39.0. The summed E-state index contributed by atoms with van der Waals surface area (Å²) in [7, 11) is 1.18. The number of hydrogen-bond acceptors (Lipinski definition) is 14. The molecule has 0 aromatic carbocycles. The largest absolute Gasteiger partial charge is 0.472 e. The number of carbonyl (C=O) groups excluding carboxylic acids is 6. The summed E-state index contributed by atoms with van der Waals surface area (Å²) in [6.07, 6.45) is -7.21. The summed E-state index contributed by atoms with van der Waals surface area (Å²) < 4.78 is 40.7. The van der Waals surface area contributed by atoms with E-state index in [2.05, 4.69) is 13.2 Å². The van der Waals surface area contributed by atoms with Crippen LogP contribution in [0.4, 0.5) is 0 Å². The molecule has 0 amide bonds. The van der Waals surface area contributed by atoms with Crippen LogP contribution in [0.1, 0.15) is 66.6 Å². The third-order valence-corrected chi connectivity index (χ3v) is 11.2. The minimum Gasteiger partial charge on any atom is -0.472 e. The zero-order valence-electron chi connectivity index (χ0n) is 28.7. The van der Waals surface area contributed by atoms with Crippen molar-refractivity contribution >= 4 is 35.6 Å². The number of carbonyl (C=O) groups is 6. The maximum Gasteiger partial charge on any atom is 0.351 e. The molecule has 1 aromatic heterocycles. The molecule has 4 fully saturated rings. The maximum absolute atomic E-state index is 15.4. The highest BCUT2D eigenvalue weighted by Gasteiger charge is 2.83. The quantitative estimate of drug-likeness (QED) is 0.191. The van der Waals surface area contributed by atoms with Crippen molar-refractivity contribution < 1.29 is 66.7 Å². The number of fused-ring (bicyclic) bond motifs is 2. The lowest BCUT2D eigenvalue weighted by Crippen LogP contribution is -2.74. The number of furan rings is 1. The lowest BCUT2D eigenvalue weighted by atomic mass is 9.49. The first-order chi connectivity index (χ1) is 22.7. The van der Waals surface area contributed by atoms with Crippen LogP contribution in [-0.2, 0) is 57.2 Å². The first-order valence-electron chi connectivity index (χ1n) is 15.8. The van der Waals surface area contributed by atoms with Crippen molar-refractivity contribution in [2.24, 2.45) is 28.1 Å². The van der Waals surface area contributed by atoms with E-state index in [0.717, 1.165) is 13.8 Å². The third-order valence-electron chi connectivity index (χ3n) is 11.2. The summed E-state index contributed by atoms with van der Waals surface area (Å²) >= 11 is 0. The molecular weight excluding hydrogens is 644 g/mol. The van der Waals surface area contributed by atoms with Gasteiger partial charge in [-0.2, -0.15) is 0 Å². The predicted octanol–water partition coefficient (Wildman–Crippen LogP) is 2.71. The summed E-state index contributed by atoms with van der Waals surface area (Å²) in [5.74, 6) is -7.57. The highest BCUT2D eigenvalue weighted by atomic mass is 16.6. The number of Topliss-reactive ketones (excluding diaryl/α,β-unsaturated/α-hetero) is 1. The van der Waals surface area contributed by atoms with Crippen LogP contribution in [-0.4, -0.2) is 84.0 Å². The van der Waals surface area contributed by atoms with Gasteiger partial charge in [-0.1, -0.05) is 27.0 Å². The van der Waals surface area contributed by atoms with Crippen LogP contribution in [0.25, 0.3) is 0 Å². The first-order valence-corrected chi connectivity index (χ1v) is 15.8. The average molecular weight is 687 g/mol. The number of rotatable bonds is 7. The summed E-state index contributed by atoms with van der Waals surface area (Å²) in [4.78, 5) is 80.9. The number of cyclic esters (lactones) is 1. The van der Waals surface area contributed by atoms with Gasteiger partial charge in [-0.15, -0.1) is 0 Å². The van der Waals surface area contributed by atoms with E-state index < -0.39 is 112 Å². The standard InChI is InChI=1S/C35H42O14/c1-15(2)30(41)47-23-27(45-17(4)36)32(6,7)20(13-21(38)43-10)33(8)24(39)22-16(3)35(49-28(23)33)29(46-18(5)37)31(42)48-26(19-11-12-44-14-19)34(35,9)25(22)40/h11-12,14,20,22-23,25-29,40H,1,3,13H2,2,4-10H3/t20-,22+,23-,25-,26-,27-,28?,29+,33+,34-,35+/m0/s1. The van der Waals surface area contributed by atoms with Gasteiger partial charge in [-0.25, -0.2) is 9.59 Å². The fourth-order valence-electron chi connectivity index (χ4n) is 8.90. The van der Waals surface area contributed by atoms with Crippen LogP contribution in [0, 0.1) is 28.1 Å². The highest BCUT2D eigenvalue weighted by molar-refractivity contribution is 5.95. The van der Waals surface area contributed by atoms with Crippen molar-refractivity contribution in [2.45, 2.75) is 97.1 Å². The topological polar surface area (TPSA) is 191 Å². The van der Waals surface area contributed by atoms with Gasteiger partial charge in [0.15, 0.2) is 11.9 Å². The zero-order chi connectivity index (χ0) is 36.6. The Morgan fingerprint density at radius 1 is 1.00 bits per heavy atom. The summed E-state index contributed by atoms with van der Waals surface area (Å²) in [6, 6.07) is 1.50. The zero-order valence-corrected chi connectivity index (χ0v) is 28.7. The van der Waals surface area contributed by atoms with Crippen molar-refractivity contribution in [1.82, 2.24) is 0 Å². The first kappa shape index (κ1) is 36.0. The molecule has 14 nitrogen and oxygen atoms in total. The average Bonchev–Trinajstić information content (AvgIpc) is 3.59. The molecule has 11 atom stereocenters. The van der Waals surface area contributed by atoms with Crippen molar-refractivity contribution in [1.29, 1.82) is 0 Å². The maximum atomic E-state index is 15.4.